The van der Waals surface area contributed by atoms with E-state index >= 15 is 0 Å². The standard InChI is InChI=1S/C2H3.2ClH.H4Si.Zr/c1-2;;;;/h1H,2H2;2*1H;1H4;/q-1;;;;+3/p-2. The third-order valence-electron chi connectivity index (χ3n) is 0. The largest absolute Gasteiger partial charge is 3.00 e. The summed E-state index contributed by atoms with van der Waals surface area (Å²) in [4.78, 5) is 0. The molecule has 1 radical (unpaired) electrons. The molecule has 0 bridgehead atoms. The molecular weight excluding hydrogens is 214 g/mol. The molecule has 0 aromatic carbocycles. The quantitative estimate of drug-likeness (QED) is 0.282. The van der Waals surface area contributed by atoms with Crippen LogP contribution in [0.5, 0.6) is 0 Å². The van der Waals surface area contributed by atoms with Crippen LogP contribution in [0.25, 0.3) is 0 Å². The van der Waals surface area contributed by atoms with Crippen molar-refractivity contribution >= 4 is 11.0 Å². The van der Waals surface area contributed by atoms with Crippen LogP contribution < -0.4 is 24.8 Å². The summed E-state index contributed by atoms with van der Waals surface area (Å²) in [5, 5.41) is 0. The van der Waals surface area contributed by atoms with Crippen LogP contribution in [0.4, 0.5) is 0 Å². The molecule has 0 saturated heterocycles. The van der Waals surface area contributed by atoms with Gasteiger partial charge in [-0.25, -0.2) is 0 Å². The molecule has 4 heteroatoms. The second-order valence-corrected chi connectivity index (χ2v) is 0. The fourth-order valence-corrected chi connectivity index (χ4v) is 0. The average Bonchev–Trinajstić information content (AvgIpc) is 1.00. The fraction of sp³-hybridized carbons (Fsp3) is 0. The molecule has 0 aromatic rings. The summed E-state index contributed by atoms with van der Waals surface area (Å²) in [6.07, 6.45) is 0. The van der Waals surface area contributed by atoms with Crippen molar-refractivity contribution < 1.29 is 51.0 Å². The smallest absolute Gasteiger partial charge is 1.00 e. The molecule has 0 aliphatic rings. The van der Waals surface area contributed by atoms with Gasteiger partial charge in [-0.1, -0.05) is 0 Å². The normalized spacial score (nSPS) is 0.667. The molecule has 0 N–H and O–H groups in total. The van der Waals surface area contributed by atoms with Crippen LogP contribution in [0.1, 0.15) is 0 Å². The first-order valence-electron chi connectivity index (χ1n) is 0.408. The van der Waals surface area contributed by atoms with E-state index in [1.807, 2.05) is 0 Å². The van der Waals surface area contributed by atoms with Crippen molar-refractivity contribution in [1.82, 2.24) is 0 Å². The molecule has 0 heterocycles. The van der Waals surface area contributed by atoms with Crippen LogP contribution in [0.3, 0.4) is 0 Å². The van der Waals surface area contributed by atoms with Crippen molar-refractivity contribution in [3.05, 3.63) is 13.2 Å². The van der Waals surface area contributed by atoms with E-state index in [4.69, 9.17) is 0 Å². The molecule has 0 nitrogen and oxygen atoms in total. The van der Waals surface area contributed by atoms with E-state index in [0.29, 0.717) is 0 Å². The zero-order chi connectivity index (χ0) is 2.00. The third kappa shape index (κ3) is 52.5. The van der Waals surface area contributed by atoms with E-state index in [-0.39, 0.29) is 62.0 Å². The predicted molar refractivity (Wildman–Crippen MR) is 21.3 cm³/mol. The minimum absolute atomic E-state index is 0. The van der Waals surface area contributed by atoms with Gasteiger partial charge in [-0.05, 0) is 11.0 Å². The van der Waals surface area contributed by atoms with Gasteiger partial charge in [0, 0.05) is 0 Å². The SMILES string of the molecule is [CH-]=C.[Cl-].[Cl-].[SiH4].[Zr+3]. The molecule has 0 fully saturated rings. The van der Waals surface area contributed by atoms with Gasteiger partial charge in [0.1, 0.15) is 0 Å². The summed E-state index contributed by atoms with van der Waals surface area (Å²) in [6.45, 7) is 7.00. The summed E-state index contributed by atoms with van der Waals surface area (Å²) >= 11 is 0. The van der Waals surface area contributed by atoms with Gasteiger partial charge in [0.25, 0.3) is 0 Å². The summed E-state index contributed by atoms with van der Waals surface area (Å²) in [5.74, 6) is 0. The second-order valence-electron chi connectivity index (χ2n) is 0. The Morgan fingerprint density at radius 1 is 1.00 bits per heavy atom. The Labute approximate surface area is 74.7 Å². The first-order valence-corrected chi connectivity index (χ1v) is 0.408. The molecule has 0 aliphatic carbocycles. The second kappa shape index (κ2) is 93.5. The van der Waals surface area contributed by atoms with E-state index in [0.717, 1.165) is 0 Å². The van der Waals surface area contributed by atoms with Crippen LogP contribution in [-0.4, -0.2) is 11.0 Å². The van der Waals surface area contributed by atoms with Crippen molar-refractivity contribution in [3.8, 4) is 0 Å². The van der Waals surface area contributed by atoms with Crippen molar-refractivity contribution in [1.29, 1.82) is 0 Å². The Morgan fingerprint density at radius 2 is 1.00 bits per heavy atom. The molecule has 0 aliphatic heterocycles. The molecule has 0 atom stereocenters. The first-order chi connectivity index (χ1) is 1.00. The maximum absolute atomic E-state index is 4.25. The molecule has 0 amide bonds. The summed E-state index contributed by atoms with van der Waals surface area (Å²) in [6, 6.07) is 0. The van der Waals surface area contributed by atoms with Gasteiger partial charge in [-0.3, -0.25) is 6.58 Å². The monoisotopic (exact) mass is 219 g/mol. The topological polar surface area (TPSA) is 0 Å². The molecule has 0 saturated carbocycles. The number of hydrogen-bond donors (Lipinski definition) is 0. The molecule has 6 heavy (non-hydrogen) atoms. The Hall–Kier alpha value is 1.42. The maximum atomic E-state index is 4.25. The predicted octanol–water partition coefficient (Wildman–Crippen LogP) is -6.84. The van der Waals surface area contributed by atoms with Crippen LogP contribution in [-0.2, 0) is 26.2 Å². The molecule has 0 aromatic heterocycles. The van der Waals surface area contributed by atoms with Gasteiger partial charge in [0.05, 0.1) is 0 Å². The Balaban J connectivity index is -0.000000000833. The van der Waals surface area contributed by atoms with Crippen molar-refractivity contribution in [2.75, 3.05) is 0 Å². The molecule has 0 unspecified atom stereocenters. The van der Waals surface area contributed by atoms with Gasteiger partial charge in [-0.15, -0.1) is 0 Å². The van der Waals surface area contributed by atoms with Crippen molar-refractivity contribution in [3.63, 3.8) is 0 Å². The summed E-state index contributed by atoms with van der Waals surface area (Å²) in [7, 11) is 0. The van der Waals surface area contributed by atoms with E-state index < -0.39 is 0 Å². The molecule has 0 spiro atoms. The number of halogens is 2. The van der Waals surface area contributed by atoms with Crippen molar-refractivity contribution in [2.45, 2.75) is 0 Å². The average molecular weight is 221 g/mol. The minimum Gasteiger partial charge on any atom is -1.00 e. The molecule has 37 valence electrons. The zero-order valence-electron chi connectivity index (χ0n) is 2.54. The third-order valence-corrected chi connectivity index (χ3v) is 0. The maximum Gasteiger partial charge on any atom is 3.00 e. The number of rotatable bonds is 0. The Kier molecular flexibility index (Phi) is 814. The van der Waals surface area contributed by atoms with Gasteiger partial charge in [-0.2, -0.15) is 0 Å². The van der Waals surface area contributed by atoms with Gasteiger partial charge >= 0.3 is 26.2 Å². The minimum atomic E-state index is 0. The van der Waals surface area contributed by atoms with Crippen LogP contribution in [0.2, 0.25) is 0 Å². The van der Waals surface area contributed by atoms with Gasteiger partial charge in [0.15, 0.2) is 0 Å². The van der Waals surface area contributed by atoms with E-state index in [1.165, 1.54) is 0 Å². The summed E-state index contributed by atoms with van der Waals surface area (Å²) in [5.41, 5.74) is 0. The van der Waals surface area contributed by atoms with Gasteiger partial charge in [0.2, 0.25) is 0 Å². The van der Waals surface area contributed by atoms with E-state index in [1.54, 1.807) is 0 Å². The Morgan fingerprint density at radius 3 is 1.00 bits per heavy atom. The van der Waals surface area contributed by atoms with Crippen molar-refractivity contribution in [2.24, 2.45) is 0 Å². The van der Waals surface area contributed by atoms with Crippen LogP contribution >= 0.6 is 0 Å². The van der Waals surface area contributed by atoms with Crippen LogP contribution in [0, 0.1) is 6.58 Å². The van der Waals surface area contributed by atoms with Crippen LogP contribution in [0.15, 0.2) is 6.58 Å². The summed E-state index contributed by atoms with van der Waals surface area (Å²) < 4.78 is 0. The first kappa shape index (κ1) is 52.2. The number of hydrogen-bond acceptors (Lipinski definition) is 0. The zero-order valence-corrected chi connectivity index (χ0v) is 6.51. The molecule has 0 rings (SSSR count). The van der Waals surface area contributed by atoms with Gasteiger partial charge < -0.3 is 31.4 Å². The van der Waals surface area contributed by atoms with E-state index in [9.17, 15) is 0 Å². The van der Waals surface area contributed by atoms with E-state index in [2.05, 4.69) is 13.2 Å². The fourth-order valence-electron chi connectivity index (χ4n) is 0. The molecular formula is C2H7Cl2SiZr. The Bertz CT molecular complexity index is 11.5.